The zero-order chi connectivity index (χ0) is 31.7. The third-order valence-corrected chi connectivity index (χ3v) is 8.54. The summed E-state index contributed by atoms with van der Waals surface area (Å²) in [5.74, 6) is -0.180. The molecular weight excluding hydrogens is 617 g/mol. The summed E-state index contributed by atoms with van der Waals surface area (Å²) in [7, 11) is -4.98. The summed E-state index contributed by atoms with van der Waals surface area (Å²) < 4.78 is 105. The lowest BCUT2D eigenvalue weighted by Gasteiger charge is -2.19. The zero-order valence-electron chi connectivity index (χ0n) is 22.8. The van der Waals surface area contributed by atoms with Crippen molar-refractivity contribution in [3.8, 4) is 44.9 Å². The summed E-state index contributed by atoms with van der Waals surface area (Å²) in [6, 6.07) is 26.1. The Bertz CT molecular complexity index is 2020. The van der Waals surface area contributed by atoms with Gasteiger partial charge < -0.3 is 9.05 Å². The lowest BCUT2D eigenvalue weighted by Crippen LogP contribution is -2.04. The van der Waals surface area contributed by atoms with Crippen LogP contribution in [0.4, 0.5) is 26.3 Å². The van der Waals surface area contributed by atoms with Gasteiger partial charge in [0.05, 0.1) is 11.1 Å². The quantitative estimate of drug-likeness (QED) is 0.152. The monoisotopic (exact) mass is 636 g/mol. The minimum Gasteiger partial charge on any atom is -0.394 e. The maximum atomic E-state index is 13.6. The Morgan fingerprint density at radius 3 is 1.24 bits per heavy atom. The van der Waals surface area contributed by atoms with E-state index in [0.717, 1.165) is 24.3 Å². The SMILES string of the molecule is O=P1(O)Oc2c(-c3ccc(C(F)(F)F)cc3)cc3ccccc3c2-c2c(c(-c3ccc(C(F)(F)F)cc3)cc3ccccc23)O1. The first-order valence-electron chi connectivity index (χ1n) is 13.5. The van der Waals surface area contributed by atoms with E-state index in [-0.39, 0.29) is 33.8 Å². The van der Waals surface area contributed by atoms with E-state index >= 15 is 0 Å². The van der Waals surface area contributed by atoms with E-state index in [1.54, 1.807) is 60.7 Å². The number of hydrogen-bond acceptors (Lipinski definition) is 3. The zero-order valence-corrected chi connectivity index (χ0v) is 23.7. The molecule has 0 atom stereocenters. The van der Waals surface area contributed by atoms with Gasteiger partial charge in [0.15, 0.2) is 0 Å². The van der Waals surface area contributed by atoms with Crippen LogP contribution >= 0.6 is 7.82 Å². The summed E-state index contributed by atoms with van der Waals surface area (Å²) in [5, 5.41) is 2.48. The molecule has 0 aliphatic carbocycles. The third-order valence-electron chi connectivity index (χ3n) is 7.71. The van der Waals surface area contributed by atoms with Crippen molar-refractivity contribution in [2.45, 2.75) is 12.4 Å². The highest BCUT2D eigenvalue weighted by atomic mass is 31.2. The van der Waals surface area contributed by atoms with E-state index in [0.29, 0.717) is 32.7 Å². The fourth-order valence-corrected chi connectivity index (χ4v) is 6.58. The number of alkyl halides is 6. The lowest BCUT2D eigenvalue weighted by atomic mass is 9.86. The van der Waals surface area contributed by atoms with E-state index in [2.05, 4.69) is 0 Å². The highest BCUT2D eigenvalue weighted by Crippen LogP contribution is 2.61. The van der Waals surface area contributed by atoms with Gasteiger partial charge in [0.2, 0.25) is 0 Å². The predicted octanol–water partition coefficient (Wildman–Crippen LogP) is 10.9. The molecule has 0 saturated heterocycles. The number of halogens is 6. The smallest absolute Gasteiger partial charge is 0.394 e. The first-order chi connectivity index (χ1) is 21.3. The molecule has 0 radical (unpaired) electrons. The number of rotatable bonds is 2. The number of benzene rings is 6. The summed E-state index contributed by atoms with van der Waals surface area (Å²) >= 11 is 0. The van der Waals surface area contributed by atoms with Crippen LogP contribution < -0.4 is 9.05 Å². The van der Waals surface area contributed by atoms with Crippen molar-refractivity contribution in [2.24, 2.45) is 0 Å². The maximum Gasteiger partial charge on any atom is 0.584 e. The second-order valence-corrected chi connectivity index (χ2v) is 11.8. The molecule has 0 unspecified atom stereocenters. The Morgan fingerprint density at radius 1 is 0.533 bits per heavy atom. The molecule has 0 fully saturated rings. The first kappa shape index (κ1) is 29.0. The van der Waals surface area contributed by atoms with E-state index in [4.69, 9.17) is 9.05 Å². The van der Waals surface area contributed by atoms with Crippen molar-refractivity contribution in [1.82, 2.24) is 0 Å². The van der Waals surface area contributed by atoms with Gasteiger partial charge in [-0.1, -0.05) is 72.8 Å². The molecule has 0 spiro atoms. The van der Waals surface area contributed by atoms with Crippen LogP contribution in [0.25, 0.3) is 54.9 Å². The normalized spacial score (nSPS) is 14.3. The van der Waals surface area contributed by atoms with E-state index in [9.17, 15) is 35.8 Å². The van der Waals surface area contributed by atoms with Crippen molar-refractivity contribution in [2.75, 3.05) is 0 Å². The molecule has 6 aromatic rings. The van der Waals surface area contributed by atoms with Gasteiger partial charge in [-0.05, 0) is 69.1 Å². The molecule has 0 saturated carbocycles. The van der Waals surface area contributed by atoms with E-state index < -0.39 is 31.3 Å². The van der Waals surface area contributed by atoms with Crippen molar-refractivity contribution in [3.63, 3.8) is 0 Å². The van der Waals surface area contributed by atoms with Gasteiger partial charge in [-0.15, -0.1) is 0 Å². The van der Waals surface area contributed by atoms with Gasteiger partial charge in [-0.3, -0.25) is 4.89 Å². The average Bonchev–Trinajstić information content (AvgIpc) is 3.13. The maximum absolute atomic E-state index is 13.6. The van der Waals surface area contributed by atoms with Crippen molar-refractivity contribution in [3.05, 3.63) is 120 Å². The molecule has 1 aliphatic heterocycles. The number of fused-ring (bicyclic) bond motifs is 7. The molecule has 4 nitrogen and oxygen atoms in total. The Hall–Kier alpha value is -4.79. The molecule has 226 valence electrons. The molecule has 7 rings (SSSR count). The third kappa shape index (κ3) is 5.10. The van der Waals surface area contributed by atoms with Crippen LogP contribution in [0.2, 0.25) is 0 Å². The van der Waals surface area contributed by atoms with E-state index in [1.807, 2.05) is 0 Å². The minimum absolute atomic E-state index is 0.0900. The van der Waals surface area contributed by atoms with Crippen molar-refractivity contribution in [1.29, 1.82) is 0 Å². The standard InChI is InChI=1S/C34H19F6O4P/c35-33(36,37)23-13-9-19(10-14-23)27-17-21-5-1-3-7-25(21)29-30-26-8-4-2-6-22(26)18-28(32(30)44-45(41,42)43-31(27)29)20-11-15-24(16-12-20)34(38,39)40/h1-18H,(H,41,42). The number of phosphoric acid groups is 1. The van der Waals surface area contributed by atoms with E-state index in [1.165, 1.54) is 24.3 Å². The second-order valence-electron chi connectivity index (χ2n) is 10.5. The highest BCUT2D eigenvalue weighted by molar-refractivity contribution is 7.48. The van der Waals surface area contributed by atoms with Crippen LogP contribution in [0.3, 0.4) is 0 Å². The molecule has 1 N–H and O–H groups in total. The van der Waals surface area contributed by atoms with Gasteiger partial charge in [0.1, 0.15) is 11.5 Å². The molecule has 1 heterocycles. The average molecular weight is 636 g/mol. The molecule has 45 heavy (non-hydrogen) atoms. The van der Waals surface area contributed by atoms with Crippen molar-refractivity contribution < 1.29 is 44.8 Å². The fourth-order valence-electron chi connectivity index (χ4n) is 5.70. The van der Waals surface area contributed by atoms with Crippen LogP contribution in [0.5, 0.6) is 11.5 Å². The van der Waals surface area contributed by atoms with Gasteiger partial charge in [-0.2, -0.15) is 26.3 Å². The fraction of sp³-hybridized carbons (Fsp3) is 0.0588. The van der Waals surface area contributed by atoms with Crippen LogP contribution in [-0.2, 0) is 16.9 Å². The predicted molar refractivity (Wildman–Crippen MR) is 159 cm³/mol. The van der Waals surface area contributed by atoms with Crippen LogP contribution in [0.1, 0.15) is 11.1 Å². The van der Waals surface area contributed by atoms with Gasteiger partial charge >= 0.3 is 20.2 Å². The minimum atomic E-state index is -4.98. The highest BCUT2D eigenvalue weighted by Gasteiger charge is 2.38. The summed E-state index contributed by atoms with van der Waals surface area (Å²) in [6.45, 7) is 0. The first-order valence-corrected chi connectivity index (χ1v) is 15.0. The molecule has 11 heteroatoms. The molecule has 6 aromatic carbocycles. The summed E-state index contributed by atoms with van der Waals surface area (Å²) in [4.78, 5) is 11.1. The molecule has 0 amide bonds. The topological polar surface area (TPSA) is 55.8 Å². The van der Waals surface area contributed by atoms with Gasteiger partial charge in [-0.25, -0.2) is 4.57 Å². The Kier molecular flexibility index (Phi) is 6.51. The van der Waals surface area contributed by atoms with Crippen LogP contribution in [-0.4, -0.2) is 4.89 Å². The largest absolute Gasteiger partial charge is 0.584 e. The molecule has 0 aromatic heterocycles. The Balaban J connectivity index is 1.59. The number of phosphoric ester groups is 1. The molecular formula is C34H19F6O4P. The Labute approximate surface area is 251 Å². The molecule has 0 bridgehead atoms. The summed E-state index contributed by atoms with van der Waals surface area (Å²) in [6.07, 6.45) is -9.15. The summed E-state index contributed by atoms with van der Waals surface area (Å²) in [5.41, 5.74) is 0.0116. The Morgan fingerprint density at radius 2 is 0.889 bits per heavy atom. The number of hydrogen-bond donors (Lipinski definition) is 1. The van der Waals surface area contributed by atoms with Crippen molar-refractivity contribution >= 4 is 29.4 Å². The van der Waals surface area contributed by atoms with Gasteiger partial charge in [0.25, 0.3) is 0 Å². The molecule has 1 aliphatic rings. The van der Waals surface area contributed by atoms with Crippen LogP contribution in [0.15, 0.2) is 109 Å². The van der Waals surface area contributed by atoms with Gasteiger partial charge in [0, 0.05) is 22.3 Å². The second kappa shape index (κ2) is 10.1. The lowest BCUT2D eigenvalue weighted by molar-refractivity contribution is -0.138. The van der Waals surface area contributed by atoms with Crippen LogP contribution in [0, 0.1) is 0 Å².